The summed E-state index contributed by atoms with van der Waals surface area (Å²) in [5.74, 6) is 1.32. The summed E-state index contributed by atoms with van der Waals surface area (Å²) in [6.07, 6.45) is 0. The van der Waals surface area contributed by atoms with Crippen LogP contribution in [-0.4, -0.2) is 8.42 Å². The van der Waals surface area contributed by atoms with Crippen molar-refractivity contribution in [1.82, 2.24) is 0 Å². The molecule has 6 heteroatoms. The number of rotatable bonds is 5. The fourth-order valence-electron chi connectivity index (χ4n) is 2.26. The number of anilines is 1. The third kappa shape index (κ3) is 4.21. The Morgan fingerprint density at radius 2 is 1.38 bits per heavy atom. The third-order valence-corrected chi connectivity index (χ3v) is 5.05. The molecule has 0 spiro atoms. The second-order valence-corrected chi connectivity index (χ2v) is 7.36. The van der Waals surface area contributed by atoms with E-state index in [-0.39, 0.29) is 4.90 Å². The molecule has 0 atom stereocenters. The summed E-state index contributed by atoms with van der Waals surface area (Å²) in [6.45, 7) is 2.00. The summed E-state index contributed by atoms with van der Waals surface area (Å²) < 4.78 is 33.0. The molecule has 3 rings (SSSR count). The minimum Gasteiger partial charge on any atom is -0.457 e. The predicted molar refractivity (Wildman–Crippen MR) is 99.7 cm³/mol. The van der Waals surface area contributed by atoms with E-state index < -0.39 is 10.0 Å². The smallest absolute Gasteiger partial charge is 0.261 e. The van der Waals surface area contributed by atoms with Crippen LogP contribution in [0.4, 0.5) is 5.69 Å². The van der Waals surface area contributed by atoms with E-state index in [9.17, 15) is 8.42 Å². The number of aryl methyl sites for hydroxylation is 1. The first-order valence-corrected chi connectivity index (χ1v) is 9.32. The Labute approximate surface area is 152 Å². The summed E-state index contributed by atoms with van der Waals surface area (Å²) in [5, 5.41) is 8.78. The van der Waals surface area contributed by atoms with Gasteiger partial charge in [-0.15, -0.1) is 0 Å². The van der Waals surface area contributed by atoms with Crippen molar-refractivity contribution in [2.24, 2.45) is 0 Å². The summed E-state index contributed by atoms with van der Waals surface area (Å²) in [7, 11) is -3.72. The second kappa shape index (κ2) is 7.30. The molecule has 0 fully saturated rings. The summed E-state index contributed by atoms with van der Waals surface area (Å²) >= 11 is 0. The maximum Gasteiger partial charge on any atom is 0.261 e. The highest BCUT2D eigenvalue weighted by molar-refractivity contribution is 7.92. The molecule has 0 aliphatic heterocycles. The summed E-state index contributed by atoms with van der Waals surface area (Å²) in [4.78, 5) is 0.0940. The van der Waals surface area contributed by atoms with Crippen LogP contribution in [0.15, 0.2) is 77.7 Å². The van der Waals surface area contributed by atoms with Gasteiger partial charge in [-0.3, -0.25) is 4.72 Å². The van der Waals surface area contributed by atoms with Crippen LogP contribution in [0.5, 0.6) is 11.5 Å². The Bertz CT molecular complexity index is 1030. The first kappa shape index (κ1) is 17.5. The highest BCUT2D eigenvalue weighted by atomic mass is 32.2. The van der Waals surface area contributed by atoms with E-state index in [1.54, 1.807) is 24.3 Å². The number of hydrogen-bond donors (Lipinski definition) is 1. The van der Waals surface area contributed by atoms with E-state index in [2.05, 4.69) is 4.72 Å². The van der Waals surface area contributed by atoms with Gasteiger partial charge in [-0.05, 0) is 67.6 Å². The molecule has 0 amide bonds. The number of nitriles is 1. The van der Waals surface area contributed by atoms with Crippen LogP contribution >= 0.6 is 0 Å². The normalized spacial score (nSPS) is 10.8. The number of sulfonamides is 1. The highest BCUT2D eigenvalue weighted by Crippen LogP contribution is 2.24. The molecule has 0 heterocycles. The quantitative estimate of drug-likeness (QED) is 0.725. The van der Waals surface area contributed by atoms with Crippen LogP contribution < -0.4 is 9.46 Å². The lowest BCUT2D eigenvalue weighted by molar-refractivity contribution is 0.482. The van der Waals surface area contributed by atoms with Crippen molar-refractivity contribution in [1.29, 1.82) is 5.26 Å². The Balaban J connectivity index is 1.71. The second-order valence-electron chi connectivity index (χ2n) is 5.68. The van der Waals surface area contributed by atoms with Crippen molar-refractivity contribution < 1.29 is 13.2 Å². The average molecular weight is 364 g/mol. The average Bonchev–Trinajstić information content (AvgIpc) is 2.65. The van der Waals surface area contributed by atoms with Gasteiger partial charge in [-0.2, -0.15) is 5.26 Å². The van der Waals surface area contributed by atoms with Crippen LogP contribution in [0.25, 0.3) is 0 Å². The number of nitrogens with zero attached hydrogens (tertiary/aromatic N) is 1. The van der Waals surface area contributed by atoms with Gasteiger partial charge in [0.05, 0.1) is 16.5 Å². The van der Waals surface area contributed by atoms with Gasteiger partial charge in [0.25, 0.3) is 10.0 Å². The molecule has 0 radical (unpaired) electrons. The zero-order valence-corrected chi connectivity index (χ0v) is 14.8. The van der Waals surface area contributed by atoms with Gasteiger partial charge >= 0.3 is 0 Å². The van der Waals surface area contributed by atoms with E-state index >= 15 is 0 Å². The molecule has 5 nitrogen and oxygen atoms in total. The monoisotopic (exact) mass is 364 g/mol. The standard InChI is InChI=1S/C20H16N2O3S/c1-15-2-8-18(9-3-15)25-19-10-6-17(7-11-19)22-26(23,24)20-12-4-16(14-21)5-13-20/h2-13,22H,1H3. The van der Waals surface area contributed by atoms with E-state index in [1.807, 2.05) is 37.3 Å². The van der Waals surface area contributed by atoms with Gasteiger partial charge in [0.1, 0.15) is 11.5 Å². The molecular formula is C20H16N2O3S. The minimum absolute atomic E-state index is 0.0940. The van der Waals surface area contributed by atoms with Crippen LogP contribution in [0.3, 0.4) is 0 Å². The molecule has 0 bridgehead atoms. The molecule has 0 unspecified atom stereocenters. The fourth-order valence-corrected chi connectivity index (χ4v) is 3.31. The highest BCUT2D eigenvalue weighted by Gasteiger charge is 2.14. The van der Waals surface area contributed by atoms with Crippen LogP contribution in [0, 0.1) is 18.3 Å². The Kier molecular flexibility index (Phi) is 4.92. The molecule has 26 heavy (non-hydrogen) atoms. The van der Waals surface area contributed by atoms with Crippen LogP contribution in [-0.2, 0) is 10.0 Å². The van der Waals surface area contributed by atoms with Crippen molar-refractivity contribution in [3.05, 3.63) is 83.9 Å². The van der Waals surface area contributed by atoms with E-state index in [0.717, 1.165) is 5.56 Å². The van der Waals surface area contributed by atoms with Gasteiger partial charge in [-0.1, -0.05) is 17.7 Å². The Hall–Kier alpha value is -3.30. The lowest BCUT2D eigenvalue weighted by Crippen LogP contribution is -2.12. The summed E-state index contributed by atoms with van der Waals surface area (Å²) in [6, 6.07) is 22.0. The first-order valence-electron chi connectivity index (χ1n) is 7.84. The first-order chi connectivity index (χ1) is 12.5. The third-order valence-electron chi connectivity index (χ3n) is 3.66. The van der Waals surface area contributed by atoms with Gasteiger partial charge in [0.15, 0.2) is 0 Å². The lowest BCUT2D eigenvalue weighted by atomic mass is 10.2. The van der Waals surface area contributed by atoms with E-state index in [0.29, 0.717) is 22.7 Å². The minimum atomic E-state index is -3.72. The topological polar surface area (TPSA) is 79.2 Å². The van der Waals surface area contributed by atoms with Crippen molar-refractivity contribution in [2.45, 2.75) is 11.8 Å². The van der Waals surface area contributed by atoms with Gasteiger partial charge in [-0.25, -0.2) is 8.42 Å². The Morgan fingerprint density at radius 1 is 0.846 bits per heavy atom. The van der Waals surface area contributed by atoms with Gasteiger partial charge in [0.2, 0.25) is 0 Å². The zero-order chi connectivity index (χ0) is 18.6. The lowest BCUT2D eigenvalue weighted by Gasteiger charge is -2.10. The molecule has 1 N–H and O–H groups in total. The molecule has 130 valence electrons. The maximum atomic E-state index is 12.4. The van der Waals surface area contributed by atoms with Crippen LogP contribution in [0.1, 0.15) is 11.1 Å². The van der Waals surface area contributed by atoms with Crippen molar-refractivity contribution >= 4 is 15.7 Å². The molecule has 0 saturated heterocycles. The number of benzene rings is 3. The molecule has 3 aromatic rings. The zero-order valence-electron chi connectivity index (χ0n) is 14.0. The largest absolute Gasteiger partial charge is 0.457 e. The van der Waals surface area contributed by atoms with Gasteiger partial charge in [0, 0.05) is 5.69 Å². The predicted octanol–water partition coefficient (Wildman–Crippen LogP) is 4.46. The summed E-state index contributed by atoms with van der Waals surface area (Å²) in [5.41, 5.74) is 1.97. The SMILES string of the molecule is Cc1ccc(Oc2ccc(NS(=O)(=O)c3ccc(C#N)cc3)cc2)cc1. The Morgan fingerprint density at radius 3 is 1.92 bits per heavy atom. The molecule has 3 aromatic carbocycles. The van der Waals surface area contributed by atoms with Crippen LogP contribution in [0.2, 0.25) is 0 Å². The molecule has 0 saturated carbocycles. The number of ether oxygens (including phenoxy) is 1. The van der Waals surface area contributed by atoms with Gasteiger partial charge < -0.3 is 4.74 Å². The van der Waals surface area contributed by atoms with Crippen molar-refractivity contribution in [3.63, 3.8) is 0 Å². The van der Waals surface area contributed by atoms with E-state index in [4.69, 9.17) is 10.00 Å². The molecule has 0 aliphatic carbocycles. The number of nitrogens with one attached hydrogen (secondary N) is 1. The fraction of sp³-hybridized carbons (Fsp3) is 0.0500. The van der Waals surface area contributed by atoms with Crippen molar-refractivity contribution in [3.8, 4) is 17.6 Å². The number of hydrogen-bond acceptors (Lipinski definition) is 4. The molecular weight excluding hydrogens is 348 g/mol. The molecule has 0 aliphatic rings. The molecule has 0 aromatic heterocycles. The van der Waals surface area contributed by atoms with Crippen molar-refractivity contribution in [2.75, 3.05) is 4.72 Å². The maximum absolute atomic E-state index is 12.4. The van der Waals surface area contributed by atoms with E-state index in [1.165, 1.54) is 24.3 Å².